The van der Waals surface area contributed by atoms with Crippen LogP contribution in [0.3, 0.4) is 0 Å². The summed E-state index contributed by atoms with van der Waals surface area (Å²) in [6, 6.07) is 2.26. The average molecular weight is 268 g/mol. The van der Waals surface area contributed by atoms with Crippen LogP contribution in [-0.4, -0.2) is 0 Å². The average Bonchev–Trinajstić information content (AvgIpc) is 2.82. The SMILES string of the molecule is [C-]#[N+]c1c(C#N)c(C(C)C)c2cscc2c1C(C)C. The van der Waals surface area contributed by atoms with Crippen molar-refractivity contribution in [3.05, 3.63) is 38.9 Å². The van der Waals surface area contributed by atoms with Crippen LogP contribution in [0.4, 0.5) is 5.69 Å². The Bertz CT molecular complexity index is 649. The predicted molar refractivity (Wildman–Crippen MR) is 81.0 cm³/mol. The van der Waals surface area contributed by atoms with Crippen LogP contribution >= 0.6 is 11.3 Å². The highest BCUT2D eigenvalue weighted by atomic mass is 32.1. The molecule has 19 heavy (non-hydrogen) atoms. The molecule has 1 aromatic carbocycles. The Morgan fingerprint density at radius 2 is 1.63 bits per heavy atom. The van der Waals surface area contributed by atoms with Crippen LogP contribution < -0.4 is 0 Å². The van der Waals surface area contributed by atoms with E-state index >= 15 is 0 Å². The molecule has 2 aromatic rings. The first-order chi connectivity index (χ1) is 9.02. The zero-order valence-electron chi connectivity index (χ0n) is 11.6. The highest BCUT2D eigenvalue weighted by Gasteiger charge is 2.22. The molecule has 0 aliphatic rings. The van der Waals surface area contributed by atoms with Gasteiger partial charge in [-0.25, -0.2) is 4.85 Å². The molecule has 0 bridgehead atoms. The molecule has 0 fully saturated rings. The fraction of sp³-hybridized carbons (Fsp3) is 0.375. The van der Waals surface area contributed by atoms with E-state index in [4.69, 9.17) is 6.57 Å². The van der Waals surface area contributed by atoms with Gasteiger partial charge in [-0.1, -0.05) is 27.7 Å². The second-order valence-corrected chi connectivity index (χ2v) is 6.03. The van der Waals surface area contributed by atoms with Crippen LogP contribution in [0.1, 0.15) is 56.2 Å². The lowest BCUT2D eigenvalue weighted by molar-refractivity contribution is 0.860. The molecule has 2 nitrogen and oxygen atoms in total. The van der Waals surface area contributed by atoms with Crippen molar-refractivity contribution in [3.63, 3.8) is 0 Å². The number of nitriles is 1. The highest BCUT2D eigenvalue weighted by molar-refractivity contribution is 7.09. The summed E-state index contributed by atoms with van der Waals surface area (Å²) in [5.74, 6) is 0.489. The summed E-state index contributed by atoms with van der Waals surface area (Å²) in [4.78, 5) is 3.67. The summed E-state index contributed by atoms with van der Waals surface area (Å²) in [7, 11) is 0. The molecule has 0 spiro atoms. The molecule has 0 aliphatic carbocycles. The Labute approximate surface area is 118 Å². The molecule has 0 N–H and O–H groups in total. The first kappa shape index (κ1) is 13.6. The third-order valence-corrected chi connectivity index (χ3v) is 4.13. The van der Waals surface area contributed by atoms with E-state index in [1.165, 1.54) is 0 Å². The minimum Gasteiger partial charge on any atom is -0.236 e. The lowest BCUT2D eigenvalue weighted by atomic mass is 9.86. The first-order valence-corrected chi connectivity index (χ1v) is 7.30. The van der Waals surface area contributed by atoms with Gasteiger partial charge in [0.05, 0.1) is 18.2 Å². The number of nitrogens with zero attached hydrogens (tertiary/aromatic N) is 2. The summed E-state index contributed by atoms with van der Waals surface area (Å²) in [5.41, 5.74) is 3.16. The molecule has 1 aromatic heterocycles. The molecule has 0 saturated carbocycles. The van der Waals surface area contributed by atoms with Gasteiger partial charge in [0, 0.05) is 0 Å². The Balaban J connectivity index is 3.07. The molecule has 2 rings (SSSR count). The Morgan fingerprint density at radius 1 is 1.11 bits per heavy atom. The van der Waals surface area contributed by atoms with Gasteiger partial charge in [0.1, 0.15) is 0 Å². The number of hydrogen-bond acceptors (Lipinski definition) is 2. The third kappa shape index (κ3) is 2.01. The smallest absolute Gasteiger partial charge is 0.208 e. The predicted octanol–water partition coefficient (Wildman–Crippen LogP) is 5.57. The topological polar surface area (TPSA) is 28.1 Å². The van der Waals surface area contributed by atoms with Crippen molar-refractivity contribution >= 4 is 27.8 Å². The Morgan fingerprint density at radius 3 is 2.05 bits per heavy atom. The Kier molecular flexibility index (Phi) is 3.60. The number of fused-ring (bicyclic) bond motifs is 1. The maximum atomic E-state index is 9.49. The van der Waals surface area contributed by atoms with Gasteiger partial charge in [0.2, 0.25) is 5.69 Å². The molecular formula is C16H16N2S. The molecular weight excluding hydrogens is 252 g/mol. The van der Waals surface area contributed by atoms with E-state index in [1.54, 1.807) is 11.3 Å². The highest BCUT2D eigenvalue weighted by Crippen LogP contribution is 2.43. The fourth-order valence-corrected chi connectivity index (χ4v) is 3.50. The maximum Gasteiger partial charge on any atom is 0.208 e. The van der Waals surface area contributed by atoms with Crippen LogP contribution in [0.15, 0.2) is 10.8 Å². The van der Waals surface area contributed by atoms with Crippen LogP contribution in [0.5, 0.6) is 0 Å². The molecule has 0 aliphatic heterocycles. The van der Waals surface area contributed by atoms with Gasteiger partial charge in [-0.05, 0) is 44.5 Å². The van der Waals surface area contributed by atoms with Gasteiger partial charge in [-0.2, -0.15) is 16.6 Å². The largest absolute Gasteiger partial charge is 0.236 e. The molecule has 1 heterocycles. The number of thiophene rings is 1. The number of hydrogen-bond donors (Lipinski definition) is 0. The van der Waals surface area contributed by atoms with Crippen molar-refractivity contribution in [3.8, 4) is 6.07 Å². The standard InChI is InChI=1S/C16H16N2S/c1-9(2)14-11(6-17)16(18-5)15(10(3)4)13-8-19-7-12(13)14/h7-10H,1-4H3. The second kappa shape index (κ2) is 5.03. The molecule has 0 atom stereocenters. The van der Waals surface area contributed by atoms with E-state index in [-0.39, 0.29) is 11.8 Å². The van der Waals surface area contributed by atoms with Crippen LogP contribution in [-0.2, 0) is 0 Å². The number of benzene rings is 1. The van der Waals surface area contributed by atoms with Gasteiger partial charge in [0.15, 0.2) is 0 Å². The first-order valence-electron chi connectivity index (χ1n) is 6.36. The van der Waals surface area contributed by atoms with Crippen molar-refractivity contribution in [2.24, 2.45) is 0 Å². The lowest BCUT2D eigenvalue weighted by Gasteiger charge is -2.18. The molecule has 0 saturated heterocycles. The van der Waals surface area contributed by atoms with Crippen molar-refractivity contribution in [1.82, 2.24) is 0 Å². The quantitative estimate of drug-likeness (QED) is 0.654. The van der Waals surface area contributed by atoms with Crippen LogP contribution in [0.25, 0.3) is 15.6 Å². The van der Waals surface area contributed by atoms with E-state index in [1.807, 2.05) is 0 Å². The summed E-state index contributed by atoms with van der Waals surface area (Å²) in [6.07, 6.45) is 0. The van der Waals surface area contributed by atoms with Crippen LogP contribution in [0, 0.1) is 17.9 Å². The van der Waals surface area contributed by atoms with E-state index < -0.39 is 0 Å². The van der Waals surface area contributed by atoms with E-state index in [2.05, 4.69) is 49.4 Å². The zero-order chi connectivity index (χ0) is 14.2. The molecule has 0 unspecified atom stereocenters. The van der Waals surface area contributed by atoms with Gasteiger partial charge in [-0.3, -0.25) is 0 Å². The summed E-state index contributed by atoms with van der Waals surface area (Å²) in [5, 5.41) is 16.0. The van der Waals surface area contributed by atoms with E-state index in [0.29, 0.717) is 11.3 Å². The third-order valence-electron chi connectivity index (χ3n) is 3.38. The van der Waals surface area contributed by atoms with Crippen LogP contribution in [0.2, 0.25) is 0 Å². The Hall–Kier alpha value is -1.84. The van der Waals surface area contributed by atoms with Crippen molar-refractivity contribution < 1.29 is 0 Å². The minimum absolute atomic E-state index is 0.244. The minimum atomic E-state index is 0.244. The molecule has 3 heteroatoms. The monoisotopic (exact) mass is 268 g/mol. The van der Waals surface area contributed by atoms with Crippen molar-refractivity contribution in [2.45, 2.75) is 39.5 Å². The molecule has 0 amide bonds. The van der Waals surface area contributed by atoms with Gasteiger partial charge >= 0.3 is 0 Å². The summed E-state index contributed by atoms with van der Waals surface area (Å²) in [6.45, 7) is 15.8. The van der Waals surface area contributed by atoms with E-state index in [0.717, 1.165) is 21.9 Å². The van der Waals surface area contributed by atoms with Gasteiger partial charge in [-0.15, -0.1) is 0 Å². The normalized spacial score (nSPS) is 10.9. The summed E-state index contributed by atoms with van der Waals surface area (Å²) < 4.78 is 0. The van der Waals surface area contributed by atoms with Crippen molar-refractivity contribution in [2.75, 3.05) is 0 Å². The van der Waals surface area contributed by atoms with Crippen molar-refractivity contribution in [1.29, 1.82) is 5.26 Å². The second-order valence-electron chi connectivity index (χ2n) is 5.28. The lowest BCUT2D eigenvalue weighted by Crippen LogP contribution is -1.99. The maximum absolute atomic E-state index is 9.49. The van der Waals surface area contributed by atoms with E-state index in [9.17, 15) is 5.26 Å². The molecule has 0 radical (unpaired) electrons. The fourth-order valence-electron chi connectivity index (χ4n) is 2.65. The van der Waals surface area contributed by atoms with Gasteiger partial charge in [0.25, 0.3) is 0 Å². The molecule has 96 valence electrons. The number of rotatable bonds is 2. The zero-order valence-corrected chi connectivity index (χ0v) is 12.4. The summed E-state index contributed by atoms with van der Waals surface area (Å²) >= 11 is 1.64. The van der Waals surface area contributed by atoms with Gasteiger partial charge < -0.3 is 0 Å².